The van der Waals surface area contributed by atoms with Gasteiger partial charge in [0, 0.05) is 5.56 Å². The highest BCUT2D eigenvalue weighted by Gasteiger charge is 2.11. The molecule has 0 radical (unpaired) electrons. The van der Waals surface area contributed by atoms with Crippen LogP contribution in [0.25, 0.3) is 0 Å². The van der Waals surface area contributed by atoms with Crippen LogP contribution >= 0.6 is 0 Å². The Balaban J connectivity index is 1.71. The summed E-state index contributed by atoms with van der Waals surface area (Å²) in [6, 6.07) is 9.90. The summed E-state index contributed by atoms with van der Waals surface area (Å²) in [7, 11) is 0. The molecule has 0 spiro atoms. The van der Waals surface area contributed by atoms with Crippen molar-refractivity contribution in [1.29, 1.82) is 0 Å². The van der Waals surface area contributed by atoms with Gasteiger partial charge in [0.1, 0.15) is 5.82 Å². The van der Waals surface area contributed by atoms with E-state index in [0.29, 0.717) is 31.4 Å². The molecular weight excluding hydrogens is 266 g/mol. The lowest BCUT2D eigenvalue weighted by Gasteiger charge is -2.08. The quantitative estimate of drug-likeness (QED) is 0.769. The first-order chi connectivity index (χ1) is 10.2. The second kappa shape index (κ2) is 7.59. The molecule has 0 aliphatic heterocycles. The molecule has 0 atom stereocenters. The molecule has 0 bridgehead atoms. The second-order valence-electron chi connectivity index (χ2n) is 5.19. The highest BCUT2D eigenvalue weighted by molar-refractivity contribution is 5.90. The van der Waals surface area contributed by atoms with Gasteiger partial charge in [-0.15, -0.1) is 0 Å². The largest absolute Gasteiger partial charge is 0.376 e. The van der Waals surface area contributed by atoms with Gasteiger partial charge >= 0.3 is 0 Å². The maximum absolute atomic E-state index is 11.9. The van der Waals surface area contributed by atoms with Crippen LogP contribution in [-0.2, 0) is 16.1 Å². The molecule has 0 saturated carbocycles. The monoisotopic (exact) mass is 287 g/mol. The number of carbonyl (C=O) groups excluding carboxylic acids is 1. The molecule has 112 valence electrons. The van der Waals surface area contributed by atoms with Crippen molar-refractivity contribution >= 4 is 11.7 Å². The van der Waals surface area contributed by atoms with Gasteiger partial charge in [-0.3, -0.25) is 9.89 Å². The molecular formula is C16H21N3O2. The average molecular weight is 287 g/mol. The van der Waals surface area contributed by atoms with Gasteiger partial charge in [0.15, 0.2) is 0 Å². The maximum Gasteiger partial charge on any atom is 0.227 e. The average Bonchev–Trinajstić information content (AvgIpc) is 2.93. The molecule has 0 saturated heterocycles. The van der Waals surface area contributed by atoms with Crippen LogP contribution in [0.2, 0.25) is 0 Å². The summed E-state index contributed by atoms with van der Waals surface area (Å²) in [5.41, 5.74) is 2.11. The van der Waals surface area contributed by atoms with Crippen LogP contribution in [0.5, 0.6) is 0 Å². The van der Waals surface area contributed by atoms with Gasteiger partial charge in [-0.25, -0.2) is 0 Å². The molecule has 0 fully saturated rings. The lowest BCUT2D eigenvalue weighted by molar-refractivity contribution is -0.117. The Kier molecular flexibility index (Phi) is 5.51. The van der Waals surface area contributed by atoms with E-state index in [1.807, 2.05) is 30.3 Å². The number of nitrogens with zero attached hydrogens (tertiary/aromatic N) is 1. The van der Waals surface area contributed by atoms with E-state index in [4.69, 9.17) is 4.74 Å². The summed E-state index contributed by atoms with van der Waals surface area (Å²) < 4.78 is 5.50. The van der Waals surface area contributed by atoms with Gasteiger partial charge in [-0.05, 0) is 11.5 Å². The van der Waals surface area contributed by atoms with E-state index in [0.717, 1.165) is 11.1 Å². The van der Waals surface area contributed by atoms with E-state index in [2.05, 4.69) is 29.4 Å². The standard InChI is InChI=1S/C16H21N3O2/c1-12(2)14-10-17-19-16(14)18-15(20)8-9-21-11-13-6-4-3-5-7-13/h3-7,10,12H,8-9,11H2,1-2H3,(H2,17,18,19,20). The van der Waals surface area contributed by atoms with Gasteiger partial charge < -0.3 is 10.1 Å². The Morgan fingerprint density at radius 2 is 2.10 bits per heavy atom. The molecule has 1 heterocycles. The topological polar surface area (TPSA) is 67.0 Å². The Morgan fingerprint density at radius 3 is 2.81 bits per heavy atom. The van der Waals surface area contributed by atoms with Crippen LogP contribution < -0.4 is 5.32 Å². The smallest absolute Gasteiger partial charge is 0.227 e. The molecule has 1 aromatic carbocycles. The molecule has 0 aliphatic carbocycles. The lowest BCUT2D eigenvalue weighted by atomic mass is 10.1. The molecule has 5 heteroatoms. The Morgan fingerprint density at radius 1 is 1.33 bits per heavy atom. The minimum absolute atomic E-state index is 0.0748. The summed E-state index contributed by atoms with van der Waals surface area (Å²) in [5.74, 6) is 0.917. The van der Waals surface area contributed by atoms with Gasteiger partial charge in [0.05, 0.1) is 25.8 Å². The summed E-state index contributed by atoms with van der Waals surface area (Å²) >= 11 is 0. The van der Waals surface area contributed by atoms with Crippen molar-refractivity contribution in [3.05, 3.63) is 47.7 Å². The van der Waals surface area contributed by atoms with E-state index < -0.39 is 0 Å². The van der Waals surface area contributed by atoms with Crippen LogP contribution in [0.3, 0.4) is 0 Å². The predicted molar refractivity (Wildman–Crippen MR) is 82.0 cm³/mol. The molecule has 21 heavy (non-hydrogen) atoms. The molecule has 0 unspecified atom stereocenters. The molecule has 5 nitrogen and oxygen atoms in total. The number of aromatic amines is 1. The Labute approximate surface area is 124 Å². The number of amides is 1. The number of hydrogen-bond donors (Lipinski definition) is 2. The van der Waals surface area contributed by atoms with Crippen LogP contribution in [0.4, 0.5) is 5.82 Å². The number of ether oxygens (including phenoxy) is 1. The number of H-pyrrole nitrogens is 1. The van der Waals surface area contributed by atoms with Crippen molar-refractivity contribution in [2.24, 2.45) is 0 Å². The van der Waals surface area contributed by atoms with Crippen molar-refractivity contribution in [2.45, 2.75) is 32.8 Å². The third kappa shape index (κ3) is 4.72. The third-order valence-corrected chi connectivity index (χ3v) is 3.14. The minimum Gasteiger partial charge on any atom is -0.376 e. The van der Waals surface area contributed by atoms with Gasteiger partial charge in [-0.1, -0.05) is 44.2 Å². The first kappa shape index (κ1) is 15.3. The molecule has 2 N–H and O–H groups in total. The third-order valence-electron chi connectivity index (χ3n) is 3.14. The Hall–Kier alpha value is -2.14. The first-order valence-electron chi connectivity index (χ1n) is 7.11. The lowest BCUT2D eigenvalue weighted by Crippen LogP contribution is -2.15. The first-order valence-corrected chi connectivity index (χ1v) is 7.11. The summed E-state index contributed by atoms with van der Waals surface area (Å²) in [6.45, 7) is 5.04. The van der Waals surface area contributed by atoms with Gasteiger partial charge in [-0.2, -0.15) is 5.10 Å². The number of anilines is 1. The second-order valence-corrected chi connectivity index (χ2v) is 5.19. The van der Waals surface area contributed by atoms with E-state index >= 15 is 0 Å². The molecule has 2 rings (SSSR count). The predicted octanol–water partition coefficient (Wildman–Crippen LogP) is 3.08. The van der Waals surface area contributed by atoms with E-state index in [1.165, 1.54) is 0 Å². The number of rotatable bonds is 7. The summed E-state index contributed by atoms with van der Waals surface area (Å²) in [5, 5.41) is 9.61. The molecule has 2 aromatic rings. The highest BCUT2D eigenvalue weighted by Crippen LogP contribution is 2.21. The molecule has 0 aliphatic rings. The number of aromatic nitrogens is 2. The fraction of sp³-hybridized carbons (Fsp3) is 0.375. The number of hydrogen-bond acceptors (Lipinski definition) is 3. The van der Waals surface area contributed by atoms with Gasteiger partial charge in [0.25, 0.3) is 0 Å². The van der Waals surface area contributed by atoms with Crippen LogP contribution in [0.15, 0.2) is 36.5 Å². The summed E-state index contributed by atoms with van der Waals surface area (Å²) in [4.78, 5) is 11.9. The van der Waals surface area contributed by atoms with E-state index in [1.54, 1.807) is 6.20 Å². The van der Waals surface area contributed by atoms with Gasteiger partial charge in [0.2, 0.25) is 5.91 Å². The highest BCUT2D eigenvalue weighted by atomic mass is 16.5. The number of benzene rings is 1. The normalized spacial score (nSPS) is 10.8. The zero-order chi connectivity index (χ0) is 15.1. The SMILES string of the molecule is CC(C)c1cn[nH]c1NC(=O)CCOCc1ccccc1. The number of nitrogens with one attached hydrogen (secondary N) is 2. The van der Waals surface area contributed by atoms with E-state index in [-0.39, 0.29) is 5.91 Å². The van der Waals surface area contributed by atoms with Crippen molar-refractivity contribution < 1.29 is 9.53 Å². The zero-order valence-electron chi connectivity index (χ0n) is 12.4. The number of carbonyl (C=O) groups is 1. The maximum atomic E-state index is 11.9. The Bertz CT molecular complexity index is 564. The zero-order valence-corrected chi connectivity index (χ0v) is 12.4. The van der Waals surface area contributed by atoms with Crippen LogP contribution in [0, 0.1) is 0 Å². The van der Waals surface area contributed by atoms with Crippen LogP contribution in [0.1, 0.15) is 37.3 Å². The fourth-order valence-electron chi connectivity index (χ4n) is 1.96. The summed E-state index contributed by atoms with van der Waals surface area (Å²) in [6.07, 6.45) is 2.07. The van der Waals surface area contributed by atoms with Crippen molar-refractivity contribution in [2.75, 3.05) is 11.9 Å². The fourth-order valence-corrected chi connectivity index (χ4v) is 1.96. The minimum atomic E-state index is -0.0748. The van der Waals surface area contributed by atoms with Crippen LogP contribution in [-0.4, -0.2) is 22.7 Å². The molecule has 1 aromatic heterocycles. The van der Waals surface area contributed by atoms with Crippen molar-refractivity contribution in [3.63, 3.8) is 0 Å². The van der Waals surface area contributed by atoms with Crippen molar-refractivity contribution in [1.82, 2.24) is 10.2 Å². The molecule has 1 amide bonds. The van der Waals surface area contributed by atoms with E-state index in [9.17, 15) is 4.79 Å². The van der Waals surface area contributed by atoms with Crippen molar-refractivity contribution in [3.8, 4) is 0 Å².